The van der Waals surface area contributed by atoms with Gasteiger partial charge in [0.25, 0.3) is 0 Å². The minimum Gasteiger partial charge on any atom is -0.480 e. The van der Waals surface area contributed by atoms with E-state index in [2.05, 4.69) is 0 Å². The summed E-state index contributed by atoms with van der Waals surface area (Å²) in [6.45, 7) is 0.466. The first kappa shape index (κ1) is 13.9. The molecule has 0 spiro atoms. The highest BCUT2D eigenvalue weighted by molar-refractivity contribution is 8.00. The van der Waals surface area contributed by atoms with Crippen LogP contribution in [0.3, 0.4) is 0 Å². The van der Waals surface area contributed by atoms with Gasteiger partial charge in [0.05, 0.1) is 5.75 Å². The van der Waals surface area contributed by atoms with Crippen LogP contribution in [-0.4, -0.2) is 40.2 Å². The van der Waals surface area contributed by atoms with Crippen LogP contribution in [-0.2, 0) is 9.59 Å². The van der Waals surface area contributed by atoms with Gasteiger partial charge in [-0.2, -0.15) is 0 Å². The number of thioether (sulfide) groups is 1. The van der Waals surface area contributed by atoms with Crippen LogP contribution in [0.15, 0.2) is 29.2 Å². The molecule has 1 aliphatic rings. The van der Waals surface area contributed by atoms with E-state index >= 15 is 0 Å². The molecule has 0 bridgehead atoms. The predicted molar refractivity (Wildman–Crippen MR) is 69.5 cm³/mol. The molecule has 1 atom stereocenters. The Labute approximate surface area is 114 Å². The molecule has 1 saturated heterocycles. The second-order valence-electron chi connectivity index (χ2n) is 4.30. The minimum atomic E-state index is -0.971. The molecule has 1 N–H and O–H groups in total. The smallest absolute Gasteiger partial charge is 0.326 e. The third kappa shape index (κ3) is 3.26. The first-order chi connectivity index (χ1) is 9.09. The number of carbonyl (C=O) groups is 2. The first-order valence-corrected chi connectivity index (χ1v) is 6.98. The van der Waals surface area contributed by atoms with Gasteiger partial charge in [-0.25, -0.2) is 9.18 Å². The summed E-state index contributed by atoms with van der Waals surface area (Å²) < 4.78 is 13.4. The summed E-state index contributed by atoms with van der Waals surface area (Å²) in [7, 11) is 0. The zero-order valence-corrected chi connectivity index (χ0v) is 11.0. The normalized spacial score (nSPS) is 18.6. The van der Waals surface area contributed by atoms with Crippen molar-refractivity contribution in [3.05, 3.63) is 30.1 Å². The van der Waals surface area contributed by atoms with E-state index in [4.69, 9.17) is 5.11 Å². The SMILES string of the molecule is O=C(O)C1CCCN1C(=O)CSc1ccccc1F. The van der Waals surface area contributed by atoms with Gasteiger partial charge in [0.2, 0.25) is 5.91 Å². The van der Waals surface area contributed by atoms with Crippen molar-refractivity contribution in [2.45, 2.75) is 23.8 Å². The molecule has 0 aromatic heterocycles. The molecule has 6 heteroatoms. The highest BCUT2D eigenvalue weighted by Gasteiger charge is 2.33. The number of carboxylic acid groups (broad SMARTS) is 1. The summed E-state index contributed by atoms with van der Waals surface area (Å²) in [6, 6.07) is 5.50. The number of benzene rings is 1. The average molecular weight is 283 g/mol. The highest BCUT2D eigenvalue weighted by atomic mass is 32.2. The highest BCUT2D eigenvalue weighted by Crippen LogP contribution is 2.24. The fourth-order valence-corrected chi connectivity index (χ4v) is 2.93. The quantitative estimate of drug-likeness (QED) is 0.859. The van der Waals surface area contributed by atoms with Crippen molar-refractivity contribution in [3.63, 3.8) is 0 Å². The topological polar surface area (TPSA) is 57.6 Å². The summed E-state index contributed by atoms with van der Waals surface area (Å²) in [5, 5.41) is 9.00. The molecule has 1 aliphatic heterocycles. The van der Waals surface area contributed by atoms with Crippen molar-refractivity contribution < 1.29 is 19.1 Å². The molecule has 0 saturated carbocycles. The Hall–Kier alpha value is -1.56. The number of carboxylic acids is 1. The molecule has 2 rings (SSSR count). The second kappa shape index (κ2) is 6.06. The van der Waals surface area contributed by atoms with Crippen LogP contribution in [0, 0.1) is 5.82 Å². The van der Waals surface area contributed by atoms with E-state index in [1.165, 1.54) is 11.0 Å². The number of carbonyl (C=O) groups excluding carboxylic acids is 1. The summed E-state index contributed by atoms with van der Waals surface area (Å²) >= 11 is 1.10. The second-order valence-corrected chi connectivity index (χ2v) is 5.32. The van der Waals surface area contributed by atoms with Crippen LogP contribution in [0.25, 0.3) is 0 Å². The van der Waals surface area contributed by atoms with Crippen molar-refractivity contribution in [1.29, 1.82) is 0 Å². The molecular formula is C13H14FNO3S. The number of hydrogen-bond donors (Lipinski definition) is 1. The number of hydrogen-bond acceptors (Lipinski definition) is 3. The maximum Gasteiger partial charge on any atom is 0.326 e. The monoisotopic (exact) mass is 283 g/mol. The van der Waals surface area contributed by atoms with E-state index in [0.29, 0.717) is 24.3 Å². The predicted octanol–water partition coefficient (Wildman–Crippen LogP) is 1.99. The molecule has 1 unspecified atom stereocenters. The molecule has 1 amide bonds. The van der Waals surface area contributed by atoms with Crippen LogP contribution in [0.1, 0.15) is 12.8 Å². The first-order valence-electron chi connectivity index (χ1n) is 5.99. The van der Waals surface area contributed by atoms with Crippen LogP contribution in [0.2, 0.25) is 0 Å². The maximum absolute atomic E-state index is 13.4. The number of aliphatic carboxylic acids is 1. The molecule has 1 heterocycles. The number of likely N-dealkylation sites (tertiary alicyclic amines) is 1. The molecule has 0 aliphatic carbocycles. The van der Waals surface area contributed by atoms with Gasteiger partial charge in [-0.05, 0) is 25.0 Å². The molecule has 19 heavy (non-hydrogen) atoms. The van der Waals surface area contributed by atoms with Crippen LogP contribution >= 0.6 is 11.8 Å². The van der Waals surface area contributed by atoms with Crippen LogP contribution in [0.4, 0.5) is 4.39 Å². The van der Waals surface area contributed by atoms with Gasteiger partial charge in [0, 0.05) is 11.4 Å². The van der Waals surface area contributed by atoms with E-state index in [0.717, 1.165) is 11.8 Å². The third-order valence-corrected chi connectivity index (χ3v) is 4.08. The Morgan fingerprint density at radius 2 is 2.16 bits per heavy atom. The fourth-order valence-electron chi connectivity index (χ4n) is 2.11. The zero-order chi connectivity index (χ0) is 13.8. The van der Waals surface area contributed by atoms with E-state index in [1.54, 1.807) is 18.2 Å². The maximum atomic E-state index is 13.4. The Morgan fingerprint density at radius 3 is 2.84 bits per heavy atom. The van der Waals surface area contributed by atoms with Gasteiger partial charge in [0.15, 0.2) is 0 Å². The zero-order valence-electron chi connectivity index (χ0n) is 10.2. The van der Waals surface area contributed by atoms with Crippen molar-refractivity contribution >= 4 is 23.6 Å². The van der Waals surface area contributed by atoms with Crippen LogP contribution in [0.5, 0.6) is 0 Å². The number of rotatable bonds is 4. The number of halogens is 1. The summed E-state index contributed by atoms with van der Waals surface area (Å²) in [5.41, 5.74) is 0. The summed E-state index contributed by atoms with van der Waals surface area (Å²) in [6.07, 6.45) is 1.19. The van der Waals surface area contributed by atoms with E-state index in [-0.39, 0.29) is 17.5 Å². The Balaban J connectivity index is 1.95. The molecular weight excluding hydrogens is 269 g/mol. The number of amides is 1. The fraction of sp³-hybridized carbons (Fsp3) is 0.385. The standard InChI is InChI=1S/C13H14FNO3S/c14-9-4-1-2-6-11(9)19-8-12(16)15-7-3-5-10(15)13(17)18/h1-2,4,6,10H,3,5,7-8H2,(H,17,18). The van der Waals surface area contributed by atoms with Crippen molar-refractivity contribution in [3.8, 4) is 0 Å². The largest absolute Gasteiger partial charge is 0.480 e. The van der Waals surface area contributed by atoms with Crippen molar-refractivity contribution in [2.24, 2.45) is 0 Å². The lowest BCUT2D eigenvalue weighted by Crippen LogP contribution is -2.41. The average Bonchev–Trinajstić information content (AvgIpc) is 2.87. The molecule has 102 valence electrons. The van der Waals surface area contributed by atoms with Gasteiger partial charge >= 0.3 is 5.97 Å². The Kier molecular flexibility index (Phi) is 4.42. The van der Waals surface area contributed by atoms with E-state index in [1.807, 2.05) is 0 Å². The molecule has 0 radical (unpaired) electrons. The van der Waals surface area contributed by atoms with Crippen molar-refractivity contribution in [2.75, 3.05) is 12.3 Å². The number of nitrogens with zero attached hydrogens (tertiary/aromatic N) is 1. The minimum absolute atomic E-state index is 0.0602. The van der Waals surface area contributed by atoms with Gasteiger partial charge in [-0.3, -0.25) is 4.79 Å². The van der Waals surface area contributed by atoms with E-state index in [9.17, 15) is 14.0 Å². The van der Waals surface area contributed by atoms with Gasteiger partial charge in [0.1, 0.15) is 11.9 Å². The van der Waals surface area contributed by atoms with E-state index < -0.39 is 12.0 Å². The lowest BCUT2D eigenvalue weighted by molar-refractivity contribution is -0.147. The Morgan fingerprint density at radius 1 is 1.42 bits per heavy atom. The lowest BCUT2D eigenvalue weighted by atomic mass is 10.2. The van der Waals surface area contributed by atoms with Gasteiger partial charge in [-0.1, -0.05) is 12.1 Å². The van der Waals surface area contributed by atoms with Gasteiger partial charge < -0.3 is 10.0 Å². The lowest BCUT2D eigenvalue weighted by Gasteiger charge is -2.21. The van der Waals surface area contributed by atoms with Crippen molar-refractivity contribution in [1.82, 2.24) is 4.90 Å². The molecule has 4 nitrogen and oxygen atoms in total. The van der Waals surface area contributed by atoms with Crippen LogP contribution < -0.4 is 0 Å². The summed E-state index contributed by atoms with van der Waals surface area (Å²) in [4.78, 5) is 24.7. The Bertz CT molecular complexity index is 495. The molecule has 1 aromatic rings. The third-order valence-electron chi connectivity index (χ3n) is 3.05. The van der Waals surface area contributed by atoms with Gasteiger partial charge in [-0.15, -0.1) is 11.8 Å². The molecule has 1 fully saturated rings. The summed E-state index contributed by atoms with van der Waals surface area (Å²) in [5.74, 6) is -1.53. The molecule has 1 aromatic carbocycles.